The van der Waals surface area contributed by atoms with E-state index < -0.39 is 18.1 Å². The van der Waals surface area contributed by atoms with Crippen molar-refractivity contribution in [3.63, 3.8) is 0 Å². The van der Waals surface area contributed by atoms with Gasteiger partial charge in [-0.2, -0.15) is 0 Å². The molecule has 1 amide bonds. The van der Waals surface area contributed by atoms with Crippen LogP contribution in [0.5, 0.6) is 0 Å². The van der Waals surface area contributed by atoms with Gasteiger partial charge in [0.2, 0.25) is 5.91 Å². The van der Waals surface area contributed by atoms with Crippen molar-refractivity contribution in [2.45, 2.75) is 25.0 Å². The fourth-order valence-corrected chi connectivity index (χ4v) is 2.23. The van der Waals surface area contributed by atoms with Gasteiger partial charge in [0.15, 0.2) is 6.04 Å². The van der Waals surface area contributed by atoms with Gasteiger partial charge in [-0.3, -0.25) is 4.79 Å². The lowest BCUT2D eigenvalue weighted by Crippen LogP contribution is -2.40. The van der Waals surface area contributed by atoms with Gasteiger partial charge in [0.1, 0.15) is 6.10 Å². The van der Waals surface area contributed by atoms with Crippen LogP contribution in [0.1, 0.15) is 24.4 Å². The standard InChI is InChI=1S/C13H14BrNO4/c14-9-5-3-8(4-6-9)11(13(17)18)15-12(16)10-2-1-7-19-10/h3-6,10-11H,1-2,7H2,(H,15,16)(H,17,18)/t10-,11?/m0/s1. The first kappa shape index (κ1) is 14.0. The number of carbonyl (C=O) groups excluding carboxylic acids is 1. The number of benzene rings is 1. The summed E-state index contributed by atoms with van der Waals surface area (Å²) < 4.78 is 6.09. The van der Waals surface area contributed by atoms with Crippen LogP contribution < -0.4 is 5.32 Å². The Morgan fingerprint density at radius 3 is 2.58 bits per heavy atom. The number of nitrogens with one attached hydrogen (secondary N) is 1. The molecule has 2 N–H and O–H groups in total. The van der Waals surface area contributed by atoms with E-state index in [4.69, 9.17) is 4.74 Å². The second-order valence-corrected chi connectivity index (χ2v) is 5.25. The van der Waals surface area contributed by atoms with Gasteiger partial charge < -0.3 is 15.2 Å². The molecule has 0 spiro atoms. The quantitative estimate of drug-likeness (QED) is 0.885. The van der Waals surface area contributed by atoms with Crippen LogP contribution in [-0.4, -0.2) is 29.7 Å². The topological polar surface area (TPSA) is 75.6 Å². The minimum absolute atomic E-state index is 0.368. The van der Waals surface area contributed by atoms with Crippen molar-refractivity contribution >= 4 is 27.8 Å². The van der Waals surface area contributed by atoms with Crippen molar-refractivity contribution in [3.05, 3.63) is 34.3 Å². The molecular formula is C13H14BrNO4. The monoisotopic (exact) mass is 327 g/mol. The molecule has 1 fully saturated rings. The van der Waals surface area contributed by atoms with E-state index in [9.17, 15) is 14.7 Å². The van der Waals surface area contributed by atoms with Gasteiger partial charge in [0, 0.05) is 11.1 Å². The predicted molar refractivity (Wildman–Crippen MR) is 71.6 cm³/mol. The molecule has 5 nitrogen and oxygen atoms in total. The second kappa shape index (κ2) is 6.16. The number of carbonyl (C=O) groups is 2. The zero-order valence-electron chi connectivity index (χ0n) is 10.1. The Bertz CT molecular complexity index is 468. The average Bonchev–Trinajstić information content (AvgIpc) is 2.90. The molecule has 1 aromatic rings. The number of aliphatic carboxylic acids is 1. The summed E-state index contributed by atoms with van der Waals surface area (Å²) in [7, 11) is 0. The van der Waals surface area contributed by atoms with Crippen molar-refractivity contribution in [2.24, 2.45) is 0 Å². The van der Waals surface area contributed by atoms with Gasteiger partial charge in [-0.1, -0.05) is 28.1 Å². The van der Waals surface area contributed by atoms with Crippen molar-refractivity contribution < 1.29 is 19.4 Å². The van der Waals surface area contributed by atoms with Crippen LogP contribution in [-0.2, 0) is 14.3 Å². The number of carboxylic acid groups (broad SMARTS) is 1. The molecule has 19 heavy (non-hydrogen) atoms. The summed E-state index contributed by atoms with van der Waals surface area (Å²) in [5.41, 5.74) is 0.530. The number of amides is 1. The number of carboxylic acids is 1. The Hall–Kier alpha value is -1.40. The van der Waals surface area contributed by atoms with Crippen molar-refractivity contribution in [3.8, 4) is 0 Å². The first-order valence-electron chi connectivity index (χ1n) is 5.98. The van der Waals surface area contributed by atoms with E-state index in [0.29, 0.717) is 18.6 Å². The van der Waals surface area contributed by atoms with Crippen LogP contribution in [0.2, 0.25) is 0 Å². The van der Waals surface area contributed by atoms with Crippen molar-refractivity contribution in [1.29, 1.82) is 0 Å². The summed E-state index contributed by atoms with van der Waals surface area (Å²) in [5, 5.41) is 11.7. The third-order valence-electron chi connectivity index (χ3n) is 2.96. The van der Waals surface area contributed by atoms with Crippen molar-refractivity contribution in [1.82, 2.24) is 5.32 Å². The molecule has 0 bridgehead atoms. The van der Waals surface area contributed by atoms with Crippen molar-refractivity contribution in [2.75, 3.05) is 6.61 Å². The highest BCUT2D eigenvalue weighted by Crippen LogP contribution is 2.19. The smallest absolute Gasteiger partial charge is 0.330 e. The van der Waals surface area contributed by atoms with E-state index >= 15 is 0 Å². The molecule has 1 aromatic carbocycles. The Kier molecular flexibility index (Phi) is 4.55. The van der Waals surface area contributed by atoms with Gasteiger partial charge in [-0.05, 0) is 30.5 Å². The van der Waals surface area contributed by atoms with Gasteiger partial charge in [0.25, 0.3) is 0 Å². The van der Waals surface area contributed by atoms with Crippen LogP contribution in [0.25, 0.3) is 0 Å². The Morgan fingerprint density at radius 2 is 2.05 bits per heavy atom. The summed E-state index contributed by atoms with van der Waals surface area (Å²) in [6.07, 6.45) is 0.935. The van der Waals surface area contributed by atoms with E-state index in [1.54, 1.807) is 24.3 Å². The maximum atomic E-state index is 11.9. The molecule has 1 saturated heterocycles. The van der Waals surface area contributed by atoms with Gasteiger partial charge in [0.05, 0.1) is 0 Å². The molecule has 102 valence electrons. The molecule has 0 aromatic heterocycles. The zero-order valence-corrected chi connectivity index (χ0v) is 11.7. The molecule has 2 rings (SSSR count). The number of hydrogen-bond donors (Lipinski definition) is 2. The summed E-state index contributed by atoms with van der Waals surface area (Å²) in [6.45, 7) is 0.550. The first-order chi connectivity index (χ1) is 9.08. The van der Waals surface area contributed by atoms with Crippen LogP contribution in [0, 0.1) is 0 Å². The number of rotatable bonds is 4. The molecule has 1 heterocycles. The number of ether oxygens (including phenoxy) is 1. The van der Waals surface area contributed by atoms with E-state index in [0.717, 1.165) is 10.9 Å². The molecule has 1 aliphatic rings. The first-order valence-corrected chi connectivity index (χ1v) is 6.77. The summed E-state index contributed by atoms with van der Waals surface area (Å²) in [6, 6.07) is 5.76. The lowest BCUT2D eigenvalue weighted by molar-refractivity contribution is -0.143. The normalized spacial score (nSPS) is 19.9. The predicted octanol–water partition coefficient (Wildman–Crippen LogP) is 1.87. The average molecular weight is 328 g/mol. The van der Waals surface area contributed by atoms with Gasteiger partial charge >= 0.3 is 5.97 Å². The number of hydrogen-bond acceptors (Lipinski definition) is 3. The fraction of sp³-hybridized carbons (Fsp3) is 0.385. The van der Waals surface area contributed by atoms with E-state index in [2.05, 4.69) is 21.2 Å². The maximum Gasteiger partial charge on any atom is 0.330 e. The lowest BCUT2D eigenvalue weighted by atomic mass is 10.1. The highest BCUT2D eigenvalue weighted by Gasteiger charge is 2.28. The molecule has 1 aliphatic heterocycles. The van der Waals surface area contributed by atoms with E-state index in [1.165, 1.54) is 0 Å². The highest BCUT2D eigenvalue weighted by molar-refractivity contribution is 9.10. The minimum atomic E-state index is -1.09. The van der Waals surface area contributed by atoms with Crippen LogP contribution in [0.3, 0.4) is 0 Å². The molecule has 0 aliphatic carbocycles. The van der Waals surface area contributed by atoms with Gasteiger partial charge in [-0.15, -0.1) is 0 Å². The van der Waals surface area contributed by atoms with Gasteiger partial charge in [-0.25, -0.2) is 4.79 Å². The zero-order chi connectivity index (χ0) is 13.8. The minimum Gasteiger partial charge on any atom is -0.479 e. The van der Waals surface area contributed by atoms with Crippen LogP contribution in [0.15, 0.2) is 28.7 Å². The SMILES string of the molecule is O=C(O)C(NC(=O)[C@@H]1CCCO1)c1ccc(Br)cc1. The molecule has 6 heteroatoms. The second-order valence-electron chi connectivity index (χ2n) is 4.33. The summed E-state index contributed by atoms with van der Waals surface area (Å²) >= 11 is 3.28. The lowest BCUT2D eigenvalue weighted by Gasteiger charge is -2.17. The summed E-state index contributed by atoms with van der Waals surface area (Å²) in [5.74, 6) is -1.46. The maximum absolute atomic E-state index is 11.9. The molecule has 0 radical (unpaired) electrons. The number of halogens is 1. The van der Waals surface area contributed by atoms with Crippen LogP contribution in [0.4, 0.5) is 0 Å². The van der Waals surface area contributed by atoms with E-state index in [-0.39, 0.29) is 5.91 Å². The Morgan fingerprint density at radius 1 is 1.37 bits per heavy atom. The Balaban J connectivity index is 2.09. The van der Waals surface area contributed by atoms with Crippen LogP contribution >= 0.6 is 15.9 Å². The summed E-state index contributed by atoms with van der Waals surface area (Å²) in [4.78, 5) is 23.2. The Labute approximate surface area is 119 Å². The highest BCUT2D eigenvalue weighted by atomic mass is 79.9. The molecule has 0 saturated carbocycles. The fourth-order valence-electron chi connectivity index (χ4n) is 1.96. The third-order valence-corrected chi connectivity index (χ3v) is 3.49. The third kappa shape index (κ3) is 3.54. The van der Waals surface area contributed by atoms with E-state index in [1.807, 2.05) is 0 Å². The molecule has 2 atom stereocenters. The molecule has 1 unspecified atom stereocenters. The largest absolute Gasteiger partial charge is 0.479 e. The molecular weight excluding hydrogens is 314 g/mol.